The molecule has 7 aromatic carbocycles. The fraction of sp³-hybridized carbons (Fsp3) is 0. The maximum atomic E-state index is 5.12. The Morgan fingerprint density at radius 1 is 0.286 bits per heavy atom. The van der Waals surface area contributed by atoms with Gasteiger partial charge in [0.1, 0.15) is 0 Å². The zero-order chi connectivity index (χ0) is 32.6. The fourth-order valence-electron chi connectivity index (χ4n) is 6.52. The van der Waals surface area contributed by atoms with Gasteiger partial charge in [-0.15, -0.1) is 0 Å². The van der Waals surface area contributed by atoms with Crippen molar-refractivity contribution < 1.29 is 0 Å². The molecule has 9 rings (SSSR count). The molecule has 0 aliphatic heterocycles. The van der Waals surface area contributed by atoms with Crippen molar-refractivity contribution in [3.8, 4) is 67.5 Å². The monoisotopic (exact) mass is 741 g/mol. The van der Waals surface area contributed by atoms with E-state index in [2.05, 4.69) is 158 Å². The van der Waals surface area contributed by atoms with Crippen LogP contribution in [-0.2, 0) is 0 Å². The van der Waals surface area contributed by atoms with Gasteiger partial charge in [-0.1, -0.05) is 66.7 Å². The minimum atomic E-state index is -0.398. The van der Waals surface area contributed by atoms with E-state index in [1.165, 1.54) is 39.8 Å². The Balaban J connectivity index is 1.15. The van der Waals surface area contributed by atoms with E-state index in [-0.39, 0.29) is 0 Å². The molecule has 0 fully saturated rings. The van der Waals surface area contributed by atoms with E-state index in [0.717, 1.165) is 27.8 Å². The van der Waals surface area contributed by atoms with Crippen LogP contribution in [-0.4, -0.2) is 35.4 Å². The third-order valence-corrected chi connectivity index (χ3v) is 12.2. The average molecular weight is 739 g/mol. The van der Waals surface area contributed by atoms with E-state index in [0.29, 0.717) is 17.5 Å². The van der Waals surface area contributed by atoms with E-state index in [1.54, 1.807) is 0 Å². The summed E-state index contributed by atoms with van der Waals surface area (Å²) in [5.41, 5.74) is 9.91. The number of nitrogens with zero attached hydrogens (tertiary/aromatic N) is 3. The molecule has 2 heterocycles. The molecule has 49 heavy (non-hydrogen) atoms. The first-order valence-electron chi connectivity index (χ1n) is 16.4. The van der Waals surface area contributed by atoms with Crippen LogP contribution in [0, 0.1) is 0 Å². The topological polar surface area (TPSA) is 38.7 Å². The Morgan fingerprint density at radius 2 is 0.755 bits per heavy atom. The fourth-order valence-corrected chi connectivity index (χ4v) is 9.79. The first-order chi connectivity index (χ1) is 24.3. The van der Waals surface area contributed by atoms with Crippen LogP contribution in [0.4, 0.5) is 0 Å². The van der Waals surface area contributed by atoms with Crippen LogP contribution in [0.2, 0.25) is 0 Å². The van der Waals surface area contributed by atoms with Crippen LogP contribution in [0.15, 0.2) is 176 Å². The number of hydrogen-bond acceptors (Lipinski definition) is 3. The van der Waals surface area contributed by atoms with Crippen molar-refractivity contribution in [1.29, 1.82) is 0 Å². The van der Waals surface area contributed by atoms with Gasteiger partial charge in [0.25, 0.3) is 0 Å². The third kappa shape index (κ3) is 5.76. The second kappa shape index (κ2) is 12.7. The summed E-state index contributed by atoms with van der Waals surface area (Å²) in [6.45, 7) is 0. The Morgan fingerprint density at radius 3 is 1.47 bits per heavy atom. The molecule has 0 amide bonds. The van der Waals surface area contributed by atoms with Crippen LogP contribution in [0.5, 0.6) is 0 Å². The molecule has 0 saturated heterocycles. The summed E-state index contributed by atoms with van der Waals surface area (Å²) in [7, 11) is 0. The van der Waals surface area contributed by atoms with Crippen LogP contribution >= 0.6 is 0 Å². The molecular weight excluding hydrogens is 710 g/mol. The molecule has 0 unspecified atom stereocenters. The molecule has 9 aromatic rings. The summed E-state index contributed by atoms with van der Waals surface area (Å²) in [5, 5.41) is 2.79. The predicted molar refractivity (Wildman–Crippen MR) is 204 cm³/mol. The van der Waals surface area contributed by atoms with Gasteiger partial charge in [0.05, 0.1) is 0 Å². The number of fused-ring (bicyclic) bond motifs is 3. The second-order valence-corrected chi connectivity index (χ2v) is 15.1. The molecule has 4 heteroatoms. The summed E-state index contributed by atoms with van der Waals surface area (Å²) in [6.07, 6.45) is 0. The minimum absolute atomic E-state index is 0.398. The normalized spacial score (nSPS) is 11.3. The molecule has 0 saturated carbocycles. The Labute approximate surface area is 294 Å². The molecule has 2 aromatic heterocycles. The van der Waals surface area contributed by atoms with E-state index in [9.17, 15) is 0 Å². The number of aromatic nitrogens is 3. The van der Waals surface area contributed by atoms with Crippen molar-refractivity contribution >= 4 is 38.0 Å². The molecule has 0 N–H and O–H groups in total. The average Bonchev–Trinajstić information content (AvgIpc) is 3.56. The molecule has 0 atom stereocenters. The van der Waals surface area contributed by atoms with E-state index in [1.807, 2.05) is 18.2 Å². The standard InChI is InChI=1S/C45H29N3Te/c1-3-13-30(14-4-1)37-21-7-8-22-38(37)34-18-12-20-36(28-34)45-47-43(31-15-5-2-6-16-31)46-44(48-45)35-19-11-17-32(27-35)33-25-26-40-39-23-9-10-24-41(39)49-42(40)29-33/h1-29H. The summed E-state index contributed by atoms with van der Waals surface area (Å²) in [4.78, 5) is 15.2. The maximum absolute atomic E-state index is 5.12. The molecular formula is C45H29N3Te. The number of rotatable bonds is 6. The van der Waals surface area contributed by atoms with Crippen molar-refractivity contribution in [2.24, 2.45) is 0 Å². The number of hydrogen-bond donors (Lipinski definition) is 0. The predicted octanol–water partition coefficient (Wildman–Crippen LogP) is 11.2. The summed E-state index contributed by atoms with van der Waals surface area (Å²) < 4.78 is 3.02. The molecule has 0 aliphatic carbocycles. The molecule has 0 spiro atoms. The first-order valence-corrected chi connectivity index (χ1v) is 18.7. The van der Waals surface area contributed by atoms with E-state index in [4.69, 9.17) is 15.0 Å². The van der Waals surface area contributed by atoms with Crippen LogP contribution in [0.3, 0.4) is 0 Å². The Kier molecular flexibility index (Phi) is 7.67. The Bertz CT molecular complexity index is 2610. The van der Waals surface area contributed by atoms with E-state index >= 15 is 0 Å². The van der Waals surface area contributed by atoms with Gasteiger partial charge < -0.3 is 0 Å². The van der Waals surface area contributed by atoms with Crippen molar-refractivity contribution in [3.05, 3.63) is 176 Å². The van der Waals surface area contributed by atoms with Gasteiger partial charge in [0.15, 0.2) is 0 Å². The molecule has 3 nitrogen and oxygen atoms in total. The van der Waals surface area contributed by atoms with Crippen molar-refractivity contribution in [3.63, 3.8) is 0 Å². The summed E-state index contributed by atoms with van der Waals surface area (Å²) >= 11 is -0.398. The molecule has 230 valence electrons. The molecule has 0 aliphatic rings. The molecule has 0 radical (unpaired) electrons. The first kappa shape index (κ1) is 29.5. The van der Waals surface area contributed by atoms with Crippen LogP contribution < -0.4 is 0 Å². The zero-order valence-corrected chi connectivity index (χ0v) is 28.8. The summed E-state index contributed by atoms with van der Waals surface area (Å²) in [6, 6.07) is 62.2. The van der Waals surface area contributed by atoms with Gasteiger partial charge in [-0.3, -0.25) is 0 Å². The van der Waals surface area contributed by atoms with Gasteiger partial charge in [-0.2, -0.15) is 0 Å². The number of benzene rings is 7. The van der Waals surface area contributed by atoms with Crippen molar-refractivity contribution in [1.82, 2.24) is 15.0 Å². The van der Waals surface area contributed by atoms with Gasteiger partial charge in [-0.25, -0.2) is 0 Å². The van der Waals surface area contributed by atoms with Gasteiger partial charge in [0, 0.05) is 0 Å². The van der Waals surface area contributed by atoms with E-state index < -0.39 is 20.4 Å². The zero-order valence-electron chi connectivity index (χ0n) is 26.5. The SMILES string of the molecule is c1ccc(-c2nc(-c3cccc(-c4ccc5c(c4)[te]c4ccccc45)c3)nc(-c3cccc(-c4ccccc4-c4ccccc4)c3)n2)cc1. The summed E-state index contributed by atoms with van der Waals surface area (Å²) in [5.74, 6) is 1.96. The second-order valence-electron chi connectivity index (χ2n) is 12.1. The molecule has 0 bridgehead atoms. The van der Waals surface area contributed by atoms with Crippen molar-refractivity contribution in [2.45, 2.75) is 0 Å². The van der Waals surface area contributed by atoms with Crippen molar-refractivity contribution in [2.75, 3.05) is 0 Å². The van der Waals surface area contributed by atoms with Gasteiger partial charge in [-0.05, 0) is 16.7 Å². The Hall–Kier alpha value is -5.66. The third-order valence-electron chi connectivity index (χ3n) is 8.94. The van der Waals surface area contributed by atoms with Crippen LogP contribution in [0.25, 0.3) is 85.1 Å². The quantitative estimate of drug-likeness (QED) is 0.159. The van der Waals surface area contributed by atoms with Gasteiger partial charge in [0.2, 0.25) is 0 Å². The van der Waals surface area contributed by atoms with Gasteiger partial charge >= 0.3 is 213 Å². The van der Waals surface area contributed by atoms with Crippen LogP contribution in [0.1, 0.15) is 0 Å².